The lowest BCUT2D eigenvalue weighted by atomic mass is 9.97. The van der Waals surface area contributed by atoms with Gasteiger partial charge >= 0.3 is 0 Å². The summed E-state index contributed by atoms with van der Waals surface area (Å²) in [7, 11) is 0. The van der Waals surface area contributed by atoms with Crippen molar-refractivity contribution in [2.75, 3.05) is 0 Å². The third-order valence-corrected chi connectivity index (χ3v) is 3.78. The third-order valence-electron chi connectivity index (χ3n) is 3.78. The summed E-state index contributed by atoms with van der Waals surface area (Å²) in [5.74, 6) is 0.290. The van der Waals surface area contributed by atoms with Crippen molar-refractivity contribution >= 4 is 11.7 Å². The van der Waals surface area contributed by atoms with E-state index in [1.165, 1.54) is 0 Å². The second-order valence-corrected chi connectivity index (χ2v) is 5.35. The van der Waals surface area contributed by atoms with Crippen LogP contribution < -0.4 is 5.32 Å². The Kier molecular flexibility index (Phi) is 2.73. The molecule has 18 heavy (non-hydrogen) atoms. The van der Waals surface area contributed by atoms with E-state index in [1.807, 2.05) is 17.6 Å². The van der Waals surface area contributed by atoms with Gasteiger partial charge in [0.2, 0.25) is 5.91 Å². The minimum atomic E-state index is 0.0667. The summed E-state index contributed by atoms with van der Waals surface area (Å²) in [5, 5.41) is 2.99. The maximum absolute atomic E-state index is 11.9. The van der Waals surface area contributed by atoms with Crippen LogP contribution >= 0.6 is 0 Å². The largest absolute Gasteiger partial charge is 0.352 e. The van der Waals surface area contributed by atoms with Gasteiger partial charge in [0.15, 0.2) is 5.78 Å². The third kappa shape index (κ3) is 2.07. The van der Waals surface area contributed by atoms with Crippen LogP contribution in [0.3, 0.4) is 0 Å². The highest BCUT2D eigenvalue weighted by Gasteiger charge is 2.26. The first-order valence-electron chi connectivity index (χ1n) is 6.66. The van der Waals surface area contributed by atoms with Gasteiger partial charge in [0.25, 0.3) is 0 Å². The minimum Gasteiger partial charge on any atom is -0.352 e. The number of aryl methyl sites for hydroxylation is 1. The predicted octanol–water partition coefficient (Wildman–Crippen LogP) is 1.59. The van der Waals surface area contributed by atoms with Gasteiger partial charge in [-0.05, 0) is 38.7 Å². The number of Topliss-reactive ketones (excluding diaryl/α,β-unsaturated/α-hetero) is 1. The molecule has 4 heteroatoms. The minimum absolute atomic E-state index is 0.0667. The van der Waals surface area contributed by atoms with Gasteiger partial charge in [0.05, 0.1) is 0 Å². The van der Waals surface area contributed by atoms with Crippen LogP contribution in [0, 0.1) is 6.92 Å². The van der Waals surface area contributed by atoms with E-state index in [0.717, 1.165) is 42.6 Å². The van der Waals surface area contributed by atoms with E-state index in [0.29, 0.717) is 19.0 Å². The first-order chi connectivity index (χ1) is 8.65. The molecule has 0 aliphatic heterocycles. The second-order valence-electron chi connectivity index (χ2n) is 5.35. The van der Waals surface area contributed by atoms with Crippen LogP contribution in [-0.4, -0.2) is 22.3 Å². The quantitative estimate of drug-likeness (QED) is 0.880. The zero-order valence-electron chi connectivity index (χ0n) is 10.7. The van der Waals surface area contributed by atoms with Crippen molar-refractivity contribution in [3.8, 4) is 0 Å². The number of hydrogen-bond donors (Lipinski definition) is 1. The molecule has 3 rings (SSSR count). The van der Waals surface area contributed by atoms with Crippen LogP contribution in [0.15, 0.2) is 6.07 Å². The number of fused-ring (bicyclic) bond motifs is 1. The van der Waals surface area contributed by atoms with Gasteiger partial charge in [0, 0.05) is 29.4 Å². The smallest absolute Gasteiger partial charge is 0.240 e. The van der Waals surface area contributed by atoms with Gasteiger partial charge in [-0.15, -0.1) is 0 Å². The molecule has 2 aliphatic rings. The number of amides is 1. The first kappa shape index (κ1) is 11.5. The fraction of sp³-hybridized carbons (Fsp3) is 0.571. The fourth-order valence-electron chi connectivity index (χ4n) is 2.66. The fourth-order valence-corrected chi connectivity index (χ4v) is 2.66. The van der Waals surface area contributed by atoms with Gasteiger partial charge < -0.3 is 9.88 Å². The van der Waals surface area contributed by atoms with Gasteiger partial charge in [0.1, 0.15) is 6.54 Å². The Hall–Kier alpha value is -1.58. The molecule has 96 valence electrons. The lowest BCUT2D eigenvalue weighted by Gasteiger charge is -2.15. The first-order valence-corrected chi connectivity index (χ1v) is 6.66. The summed E-state index contributed by atoms with van der Waals surface area (Å²) in [6.45, 7) is 2.32. The molecule has 1 aromatic heterocycles. The summed E-state index contributed by atoms with van der Waals surface area (Å²) in [4.78, 5) is 23.7. The molecule has 1 saturated carbocycles. The second kappa shape index (κ2) is 4.26. The maximum atomic E-state index is 11.9. The molecule has 0 bridgehead atoms. The molecule has 1 fully saturated rings. The van der Waals surface area contributed by atoms with Gasteiger partial charge in [-0.25, -0.2) is 0 Å². The van der Waals surface area contributed by atoms with Gasteiger partial charge in [-0.1, -0.05) is 0 Å². The molecule has 0 saturated heterocycles. The van der Waals surface area contributed by atoms with E-state index < -0.39 is 0 Å². The van der Waals surface area contributed by atoms with Gasteiger partial charge in [-0.3, -0.25) is 9.59 Å². The number of carbonyl (C=O) groups excluding carboxylic acids is 2. The summed E-state index contributed by atoms with van der Waals surface area (Å²) < 4.78 is 2.00. The van der Waals surface area contributed by atoms with E-state index in [9.17, 15) is 9.59 Å². The van der Waals surface area contributed by atoms with E-state index in [4.69, 9.17) is 0 Å². The Labute approximate surface area is 106 Å². The number of aromatic nitrogens is 1. The van der Waals surface area contributed by atoms with Crippen LogP contribution in [0.5, 0.6) is 0 Å². The predicted molar refractivity (Wildman–Crippen MR) is 67.6 cm³/mol. The highest BCUT2D eigenvalue weighted by atomic mass is 16.2. The topological polar surface area (TPSA) is 51.1 Å². The monoisotopic (exact) mass is 246 g/mol. The Balaban J connectivity index is 1.82. The molecule has 0 atom stereocenters. The molecule has 4 nitrogen and oxygen atoms in total. The zero-order valence-corrected chi connectivity index (χ0v) is 10.7. The SMILES string of the molecule is Cc1cc2c(n1CC(=O)NC1CC1)CCCC2=O. The lowest BCUT2D eigenvalue weighted by Crippen LogP contribution is -2.30. The average molecular weight is 246 g/mol. The number of nitrogens with one attached hydrogen (secondary N) is 1. The molecule has 1 aromatic rings. The number of ketones is 1. The average Bonchev–Trinajstić information content (AvgIpc) is 3.07. The Morgan fingerprint density at radius 1 is 1.44 bits per heavy atom. The summed E-state index contributed by atoms with van der Waals surface area (Å²) in [6.07, 6.45) is 4.66. The van der Waals surface area contributed by atoms with Crippen molar-refractivity contribution in [2.45, 2.75) is 51.6 Å². The Bertz CT molecular complexity index is 512. The van der Waals surface area contributed by atoms with Crippen LogP contribution in [0.2, 0.25) is 0 Å². The maximum Gasteiger partial charge on any atom is 0.240 e. The van der Waals surface area contributed by atoms with E-state index >= 15 is 0 Å². The number of rotatable bonds is 3. The molecule has 0 radical (unpaired) electrons. The van der Waals surface area contributed by atoms with E-state index in [1.54, 1.807) is 0 Å². The molecule has 0 unspecified atom stereocenters. The Morgan fingerprint density at radius 3 is 2.94 bits per heavy atom. The molecule has 1 heterocycles. The van der Waals surface area contributed by atoms with Crippen LogP contribution in [0.25, 0.3) is 0 Å². The molecular weight excluding hydrogens is 228 g/mol. The van der Waals surface area contributed by atoms with Crippen LogP contribution in [0.4, 0.5) is 0 Å². The van der Waals surface area contributed by atoms with Crippen molar-refractivity contribution < 1.29 is 9.59 Å². The van der Waals surface area contributed by atoms with E-state index in [2.05, 4.69) is 5.32 Å². The summed E-state index contributed by atoms with van der Waals surface area (Å²) in [5.41, 5.74) is 2.90. The van der Waals surface area contributed by atoms with Crippen LogP contribution in [0.1, 0.15) is 47.4 Å². The molecule has 0 spiro atoms. The Morgan fingerprint density at radius 2 is 2.22 bits per heavy atom. The molecule has 1 amide bonds. The van der Waals surface area contributed by atoms with Crippen LogP contribution in [-0.2, 0) is 17.8 Å². The summed E-state index contributed by atoms with van der Waals surface area (Å²) >= 11 is 0. The highest BCUT2D eigenvalue weighted by Crippen LogP contribution is 2.25. The van der Waals surface area contributed by atoms with Crippen molar-refractivity contribution in [3.05, 3.63) is 23.0 Å². The number of hydrogen-bond acceptors (Lipinski definition) is 2. The normalized spacial score (nSPS) is 18.6. The summed E-state index contributed by atoms with van der Waals surface area (Å²) in [6, 6.07) is 2.33. The molecule has 2 aliphatic carbocycles. The van der Waals surface area contributed by atoms with E-state index in [-0.39, 0.29) is 11.7 Å². The standard InChI is InChI=1S/C14H18N2O2/c1-9-7-11-12(3-2-4-13(11)17)16(9)8-14(18)15-10-5-6-10/h7,10H,2-6,8H2,1H3,(H,15,18). The molecule has 1 N–H and O–H groups in total. The number of nitrogens with zero attached hydrogens (tertiary/aromatic N) is 1. The van der Waals surface area contributed by atoms with Crippen molar-refractivity contribution in [3.63, 3.8) is 0 Å². The lowest BCUT2D eigenvalue weighted by molar-refractivity contribution is -0.121. The zero-order chi connectivity index (χ0) is 12.7. The van der Waals surface area contributed by atoms with Crippen molar-refractivity contribution in [1.29, 1.82) is 0 Å². The van der Waals surface area contributed by atoms with Crippen molar-refractivity contribution in [1.82, 2.24) is 9.88 Å². The van der Waals surface area contributed by atoms with Crippen molar-refractivity contribution in [2.24, 2.45) is 0 Å². The molecular formula is C14H18N2O2. The van der Waals surface area contributed by atoms with Gasteiger partial charge in [-0.2, -0.15) is 0 Å². The molecule has 0 aromatic carbocycles. The number of carbonyl (C=O) groups is 2. The highest BCUT2D eigenvalue weighted by molar-refractivity contribution is 5.98.